The summed E-state index contributed by atoms with van der Waals surface area (Å²) in [6.45, 7) is 3.53. The Morgan fingerprint density at radius 1 is 1.31 bits per heavy atom. The van der Waals surface area contributed by atoms with E-state index in [2.05, 4.69) is 15.1 Å². The monoisotopic (exact) mass is 376 g/mol. The highest BCUT2D eigenvalue weighted by atomic mass is 35.5. The van der Waals surface area contributed by atoms with Crippen molar-refractivity contribution < 1.29 is 19.4 Å². The largest absolute Gasteiger partial charge is 0.478 e. The molecule has 1 aromatic carbocycles. The van der Waals surface area contributed by atoms with Gasteiger partial charge in [-0.15, -0.1) is 0 Å². The SMILES string of the molecule is CC(C)OCC(Oc1ncnc2c1cnn2-c1ccccc1Cl)C(=O)O. The maximum absolute atomic E-state index is 11.4. The molecule has 3 aromatic rings. The fourth-order valence-corrected chi connectivity index (χ4v) is 2.50. The average molecular weight is 377 g/mol. The second-order valence-corrected chi connectivity index (χ2v) is 6.16. The highest BCUT2D eigenvalue weighted by Gasteiger charge is 2.23. The van der Waals surface area contributed by atoms with Crippen LogP contribution in [0.5, 0.6) is 5.88 Å². The highest BCUT2D eigenvalue weighted by Crippen LogP contribution is 2.27. The summed E-state index contributed by atoms with van der Waals surface area (Å²) < 4.78 is 12.5. The lowest BCUT2D eigenvalue weighted by molar-refractivity contribution is -0.148. The third-order valence-electron chi connectivity index (χ3n) is 3.52. The summed E-state index contributed by atoms with van der Waals surface area (Å²) >= 11 is 6.22. The first-order valence-corrected chi connectivity index (χ1v) is 8.30. The molecule has 8 nitrogen and oxygen atoms in total. The molecule has 0 bridgehead atoms. The van der Waals surface area contributed by atoms with E-state index in [0.717, 1.165) is 0 Å². The van der Waals surface area contributed by atoms with E-state index in [4.69, 9.17) is 21.1 Å². The van der Waals surface area contributed by atoms with Crippen LogP contribution in [0.4, 0.5) is 0 Å². The van der Waals surface area contributed by atoms with E-state index in [1.165, 1.54) is 12.5 Å². The van der Waals surface area contributed by atoms with Gasteiger partial charge in [-0.05, 0) is 26.0 Å². The van der Waals surface area contributed by atoms with Crippen molar-refractivity contribution in [1.82, 2.24) is 19.7 Å². The fraction of sp³-hybridized carbons (Fsp3) is 0.294. The van der Waals surface area contributed by atoms with E-state index in [1.807, 2.05) is 26.0 Å². The second-order valence-electron chi connectivity index (χ2n) is 5.75. The van der Waals surface area contributed by atoms with Gasteiger partial charge in [0.15, 0.2) is 5.65 Å². The summed E-state index contributed by atoms with van der Waals surface area (Å²) in [6, 6.07) is 7.19. The predicted octanol–water partition coefficient (Wildman–Crippen LogP) is 2.73. The van der Waals surface area contributed by atoms with Crippen LogP contribution in [0, 0.1) is 0 Å². The van der Waals surface area contributed by atoms with Gasteiger partial charge < -0.3 is 14.6 Å². The van der Waals surface area contributed by atoms with Crippen molar-refractivity contribution >= 4 is 28.6 Å². The number of aliphatic carboxylic acids is 1. The van der Waals surface area contributed by atoms with Crippen LogP contribution >= 0.6 is 11.6 Å². The molecule has 9 heteroatoms. The molecule has 1 N–H and O–H groups in total. The minimum atomic E-state index is -1.20. The summed E-state index contributed by atoms with van der Waals surface area (Å²) in [5.41, 5.74) is 1.10. The highest BCUT2D eigenvalue weighted by molar-refractivity contribution is 6.32. The Bertz CT molecular complexity index is 928. The van der Waals surface area contributed by atoms with Crippen LogP contribution in [0.1, 0.15) is 13.8 Å². The third kappa shape index (κ3) is 3.76. The molecule has 1 atom stereocenters. The number of carboxylic acids is 1. The number of carboxylic acid groups (broad SMARTS) is 1. The van der Waals surface area contributed by atoms with Crippen LogP contribution in [-0.4, -0.2) is 49.6 Å². The van der Waals surface area contributed by atoms with Crippen LogP contribution in [0.2, 0.25) is 5.02 Å². The Morgan fingerprint density at radius 2 is 2.08 bits per heavy atom. The minimum absolute atomic E-state index is 0.100. The number of halogens is 1. The molecule has 1 unspecified atom stereocenters. The van der Waals surface area contributed by atoms with Gasteiger partial charge in [0.05, 0.1) is 29.6 Å². The first-order chi connectivity index (χ1) is 12.5. The molecule has 3 rings (SSSR count). The summed E-state index contributed by atoms with van der Waals surface area (Å²) in [7, 11) is 0. The van der Waals surface area contributed by atoms with Gasteiger partial charge in [-0.3, -0.25) is 0 Å². The lowest BCUT2D eigenvalue weighted by atomic mass is 10.3. The third-order valence-corrected chi connectivity index (χ3v) is 3.84. The molecule has 2 aromatic heterocycles. The van der Waals surface area contributed by atoms with Crippen molar-refractivity contribution in [3.05, 3.63) is 41.8 Å². The normalized spacial score (nSPS) is 12.5. The number of nitrogens with zero attached hydrogens (tertiary/aromatic N) is 4. The van der Waals surface area contributed by atoms with Gasteiger partial charge in [0.2, 0.25) is 12.0 Å². The van der Waals surface area contributed by atoms with Crippen molar-refractivity contribution in [2.24, 2.45) is 0 Å². The van der Waals surface area contributed by atoms with Gasteiger partial charge >= 0.3 is 5.97 Å². The van der Waals surface area contributed by atoms with Crippen LogP contribution in [-0.2, 0) is 9.53 Å². The number of fused-ring (bicyclic) bond motifs is 1. The maximum Gasteiger partial charge on any atom is 0.347 e. The average Bonchev–Trinajstić information content (AvgIpc) is 3.03. The zero-order chi connectivity index (χ0) is 18.7. The summed E-state index contributed by atoms with van der Waals surface area (Å²) in [4.78, 5) is 19.7. The Labute approximate surface area is 154 Å². The number of carbonyl (C=O) groups is 1. The Morgan fingerprint density at radius 3 is 2.77 bits per heavy atom. The molecule has 0 aliphatic carbocycles. The molecule has 0 aliphatic heterocycles. The molecule has 0 aliphatic rings. The molecule has 136 valence electrons. The van der Waals surface area contributed by atoms with E-state index in [-0.39, 0.29) is 18.6 Å². The van der Waals surface area contributed by atoms with E-state index in [9.17, 15) is 9.90 Å². The minimum Gasteiger partial charge on any atom is -0.478 e. The quantitative estimate of drug-likeness (QED) is 0.676. The lowest BCUT2D eigenvalue weighted by Crippen LogP contribution is -2.33. The van der Waals surface area contributed by atoms with Gasteiger partial charge in [-0.25, -0.2) is 19.4 Å². The van der Waals surface area contributed by atoms with Gasteiger partial charge in [-0.2, -0.15) is 5.10 Å². The van der Waals surface area contributed by atoms with Crippen LogP contribution in [0.3, 0.4) is 0 Å². The number of hydrogen-bond acceptors (Lipinski definition) is 6. The van der Waals surface area contributed by atoms with Crippen molar-refractivity contribution in [3.8, 4) is 11.6 Å². The Kier molecular flexibility index (Phi) is 5.34. The smallest absolute Gasteiger partial charge is 0.347 e. The first-order valence-electron chi connectivity index (χ1n) is 7.92. The molecule has 0 radical (unpaired) electrons. The number of aromatic nitrogens is 4. The van der Waals surface area contributed by atoms with Crippen LogP contribution < -0.4 is 4.74 Å². The molecule has 2 heterocycles. The predicted molar refractivity (Wildman–Crippen MR) is 94.8 cm³/mol. The summed E-state index contributed by atoms with van der Waals surface area (Å²) in [5.74, 6) is -1.02. The van der Waals surface area contributed by atoms with Gasteiger partial charge in [-0.1, -0.05) is 23.7 Å². The van der Waals surface area contributed by atoms with Gasteiger partial charge in [0.1, 0.15) is 11.7 Å². The number of benzene rings is 1. The Hall–Kier alpha value is -2.71. The van der Waals surface area contributed by atoms with Crippen LogP contribution in [0.25, 0.3) is 16.7 Å². The molecule has 26 heavy (non-hydrogen) atoms. The molecule has 0 saturated carbocycles. The molecule has 0 amide bonds. The Balaban J connectivity index is 1.95. The van der Waals surface area contributed by atoms with E-state index in [1.54, 1.807) is 16.8 Å². The molecule has 0 fully saturated rings. The first kappa shape index (κ1) is 18.1. The van der Waals surface area contributed by atoms with Crippen molar-refractivity contribution in [3.63, 3.8) is 0 Å². The zero-order valence-corrected chi connectivity index (χ0v) is 14.9. The summed E-state index contributed by atoms with van der Waals surface area (Å²) in [6.07, 6.45) is 1.48. The van der Waals surface area contributed by atoms with E-state index < -0.39 is 12.1 Å². The van der Waals surface area contributed by atoms with E-state index in [0.29, 0.717) is 21.7 Å². The topological polar surface area (TPSA) is 99.4 Å². The molecular formula is C17H17ClN4O4. The summed E-state index contributed by atoms with van der Waals surface area (Å²) in [5, 5.41) is 14.6. The van der Waals surface area contributed by atoms with Gasteiger partial charge in [0.25, 0.3) is 0 Å². The zero-order valence-electron chi connectivity index (χ0n) is 14.2. The van der Waals surface area contributed by atoms with Crippen LogP contribution in [0.15, 0.2) is 36.8 Å². The van der Waals surface area contributed by atoms with Crippen molar-refractivity contribution in [2.75, 3.05) is 6.61 Å². The van der Waals surface area contributed by atoms with E-state index >= 15 is 0 Å². The van der Waals surface area contributed by atoms with Gasteiger partial charge in [0, 0.05) is 0 Å². The number of hydrogen-bond donors (Lipinski definition) is 1. The maximum atomic E-state index is 11.4. The fourth-order valence-electron chi connectivity index (χ4n) is 2.29. The standard InChI is InChI=1S/C17H17ClN4O4/c1-10(2)25-8-14(17(23)24)26-16-11-7-21-22(15(11)19-9-20-16)13-6-4-3-5-12(13)18/h3-7,9-10,14H,8H2,1-2H3,(H,23,24). The van der Waals surface area contributed by atoms with Crippen molar-refractivity contribution in [1.29, 1.82) is 0 Å². The molecule has 0 spiro atoms. The number of para-hydroxylation sites is 1. The number of rotatable bonds is 7. The van der Waals surface area contributed by atoms with Crippen molar-refractivity contribution in [2.45, 2.75) is 26.1 Å². The lowest BCUT2D eigenvalue weighted by Gasteiger charge is -2.16. The molecule has 0 saturated heterocycles. The number of ether oxygens (including phenoxy) is 2. The molecular weight excluding hydrogens is 360 g/mol. The second kappa shape index (κ2) is 7.67.